The molecule has 1 unspecified atom stereocenters. The molecule has 1 fully saturated rings. The number of hydrogen-bond acceptors (Lipinski definition) is 3. The maximum absolute atomic E-state index is 11.9. The predicted molar refractivity (Wildman–Crippen MR) is 78.2 cm³/mol. The standard InChI is InChI=1S/C13H18N2OS.ClH/c14-8-11-6-7-15(9-11)13(16)10-17-12-4-2-1-3-5-12;/h1-5,11H,6-10,14H2;1H. The summed E-state index contributed by atoms with van der Waals surface area (Å²) in [5.74, 6) is 1.26. The number of halogens is 1. The molecule has 1 aliphatic heterocycles. The zero-order valence-corrected chi connectivity index (χ0v) is 11.9. The van der Waals surface area contributed by atoms with Crippen LogP contribution in [-0.2, 0) is 4.79 Å². The third-order valence-electron chi connectivity index (χ3n) is 3.08. The van der Waals surface area contributed by atoms with Crippen LogP contribution in [0.3, 0.4) is 0 Å². The first kappa shape index (κ1) is 15.3. The minimum atomic E-state index is 0. The molecule has 5 heteroatoms. The quantitative estimate of drug-likeness (QED) is 0.861. The average Bonchev–Trinajstić information content (AvgIpc) is 2.86. The molecule has 0 aromatic heterocycles. The van der Waals surface area contributed by atoms with Crippen molar-refractivity contribution in [1.29, 1.82) is 0 Å². The van der Waals surface area contributed by atoms with Gasteiger partial charge in [-0.15, -0.1) is 24.2 Å². The Hall–Kier alpha value is -0.710. The van der Waals surface area contributed by atoms with Gasteiger partial charge in [0.25, 0.3) is 0 Å². The first-order chi connectivity index (χ1) is 8.29. The molecule has 1 aromatic carbocycles. The van der Waals surface area contributed by atoms with Crippen molar-refractivity contribution in [3.05, 3.63) is 30.3 Å². The van der Waals surface area contributed by atoms with E-state index in [1.807, 2.05) is 35.2 Å². The van der Waals surface area contributed by atoms with Crippen LogP contribution in [0, 0.1) is 5.92 Å². The van der Waals surface area contributed by atoms with Gasteiger partial charge in [-0.25, -0.2) is 0 Å². The van der Waals surface area contributed by atoms with E-state index in [-0.39, 0.29) is 18.3 Å². The highest BCUT2D eigenvalue weighted by atomic mass is 35.5. The van der Waals surface area contributed by atoms with Gasteiger partial charge in [0.05, 0.1) is 5.75 Å². The number of amides is 1. The van der Waals surface area contributed by atoms with Crippen LogP contribution < -0.4 is 5.73 Å². The van der Waals surface area contributed by atoms with E-state index < -0.39 is 0 Å². The van der Waals surface area contributed by atoms with Gasteiger partial charge >= 0.3 is 0 Å². The molecule has 1 atom stereocenters. The Morgan fingerprint density at radius 3 is 2.72 bits per heavy atom. The second kappa shape index (κ2) is 7.67. The van der Waals surface area contributed by atoms with Crippen LogP contribution in [0.15, 0.2) is 35.2 Å². The van der Waals surface area contributed by atoms with Crippen molar-refractivity contribution in [3.63, 3.8) is 0 Å². The molecular formula is C13H19ClN2OS. The van der Waals surface area contributed by atoms with Crippen molar-refractivity contribution >= 4 is 30.1 Å². The number of nitrogens with zero attached hydrogens (tertiary/aromatic N) is 1. The summed E-state index contributed by atoms with van der Waals surface area (Å²) in [6, 6.07) is 10.0. The largest absolute Gasteiger partial charge is 0.342 e. The van der Waals surface area contributed by atoms with E-state index in [0.717, 1.165) is 24.4 Å². The SMILES string of the molecule is Cl.NCC1CCN(C(=O)CSc2ccccc2)C1. The minimum Gasteiger partial charge on any atom is -0.342 e. The molecule has 0 bridgehead atoms. The Bertz CT molecular complexity index is 375. The Balaban J connectivity index is 0.00000162. The van der Waals surface area contributed by atoms with Crippen LogP contribution in [0.2, 0.25) is 0 Å². The van der Waals surface area contributed by atoms with Crippen LogP contribution in [0.4, 0.5) is 0 Å². The molecule has 18 heavy (non-hydrogen) atoms. The Morgan fingerprint density at radius 1 is 1.39 bits per heavy atom. The maximum atomic E-state index is 11.9. The third kappa shape index (κ3) is 4.19. The lowest BCUT2D eigenvalue weighted by Gasteiger charge is -2.15. The van der Waals surface area contributed by atoms with E-state index in [1.54, 1.807) is 11.8 Å². The zero-order chi connectivity index (χ0) is 12.1. The highest BCUT2D eigenvalue weighted by molar-refractivity contribution is 8.00. The molecule has 0 aliphatic carbocycles. The molecule has 1 amide bonds. The number of hydrogen-bond donors (Lipinski definition) is 1. The Labute approximate surface area is 119 Å². The molecule has 1 heterocycles. The fraction of sp³-hybridized carbons (Fsp3) is 0.462. The number of carbonyl (C=O) groups is 1. The second-order valence-electron chi connectivity index (χ2n) is 4.33. The zero-order valence-electron chi connectivity index (χ0n) is 10.2. The molecule has 1 aliphatic rings. The van der Waals surface area contributed by atoms with Gasteiger partial charge in [-0.1, -0.05) is 18.2 Å². The lowest BCUT2D eigenvalue weighted by Crippen LogP contribution is -2.31. The van der Waals surface area contributed by atoms with Gasteiger partial charge in [-0.2, -0.15) is 0 Å². The van der Waals surface area contributed by atoms with Gasteiger partial charge in [0.15, 0.2) is 0 Å². The first-order valence-electron chi connectivity index (χ1n) is 5.95. The van der Waals surface area contributed by atoms with Gasteiger partial charge < -0.3 is 10.6 Å². The fourth-order valence-corrected chi connectivity index (χ4v) is 2.83. The molecule has 100 valence electrons. The van der Waals surface area contributed by atoms with Crippen molar-refractivity contribution in [3.8, 4) is 0 Å². The van der Waals surface area contributed by atoms with Crippen molar-refractivity contribution in [2.24, 2.45) is 11.7 Å². The van der Waals surface area contributed by atoms with Crippen molar-refractivity contribution < 1.29 is 4.79 Å². The van der Waals surface area contributed by atoms with E-state index in [9.17, 15) is 4.79 Å². The van der Waals surface area contributed by atoms with Crippen molar-refractivity contribution in [1.82, 2.24) is 4.90 Å². The number of nitrogens with two attached hydrogens (primary N) is 1. The molecule has 0 radical (unpaired) electrons. The van der Waals surface area contributed by atoms with Crippen molar-refractivity contribution in [2.45, 2.75) is 11.3 Å². The van der Waals surface area contributed by atoms with Crippen LogP contribution in [0.25, 0.3) is 0 Å². The van der Waals surface area contributed by atoms with Crippen LogP contribution in [0.5, 0.6) is 0 Å². The monoisotopic (exact) mass is 286 g/mol. The number of thioether (sulfide) groups is 1. The van der Waals surface area contributed by atoms with Crippen molar-refractivity contribution in [2.75, 3.05) is 25.4 Å². The molecule has 1 aromatic rings. The smallest absolute Gasteiger partial charge is 0.232 e. The summed E-state index contributed by atoms with van der Waals surface area (Å²) < 4.78 is 0. The van der Waals surface area contributed by atoms with Gasteiger partial charge in [0.1, 0.15) is 0 Å². The molecule has 0 saturated carbocycles. The molecule has 0 spiro atoms. The van der Waals surface area contributed by atoms with Crippen LogP contribution in [-0.4, -0.2) is 36.2 Å². The van der Waals surface area contributed by atoms with E-state index in [0.29, 0.717) is 18.2 Å². The van der Waals surface area contributed by atoms with Gasteiger partial charge in [0, 0.05) is 18.0 Å². The van der Waals surface area contributed by atoms with Gasteiger partial charge in [0.2, 0.25) is 5.91 Å². The summed E-state index contributed by atoms with van der Waals surface area (Å²) in [7, 11) is 0. The topological polar surface area (TPSA) is 46.3 Å². The third-order valence-corrected chi connectivity index (χ3v) is 4.07. The number of carbonyl (C=O) groups excluding carboxylic acids is 1. The summed E-state index contributed by atoms with van der Waals surface area (Å²) >= 11 is 1.60. The van der Waals surface area contributed by atoms with Gasteiger partial charge in [-0.05, 0) is 31.0 Å². The van der Waals surface area contributed by atoms with Crippen LogP contribution in [0.1, 0.15) is 6.42 Å². The molecular weight excluding hydrogens is 268 g/mol. The molecule has 3 nitrogen and oxygen atoms in total. The highest BCUT2D eigenvalue weighted by Gasteiger charge is 2.24. The normalized spacial score (nSPS) is 18.5. The number of benzene rings is 1. The second-order valence-corrected chi connectivity index (χ2v) is 5.38. The Morgan fingerprint density at radius 2 is 2.11 bits per heavy atom. The fourth-order valence-electron chi connectivity index (χ4n) is 2.00. The van der Waals surface area contributed by atoms with E-state index >= 15 is 0 Å². The Kier molecular flexibility index (Phi) is 6.54. The maximum Gasteiger partial charge on any atom is 0.232 e. The van der Waals surface area contributed by atoms with Crippen LogP contribution >= 0.6 is 24.2 Å². The highest BCUT2D eigenvalue weighted by Crippen LogP contribution is 2.20. The lowest BCUT2D eigenvalue weighted by atomic mass is 10.1. The average molecular weight is 287 g/mol. The number of likely N-dealkylation sites (tertiary alicyclic amines) is 1. The summed E-state index contributed by atoms with van der Waals surface area (Å²) in [6.07, 6.45) is 1.05. The summed E-state index contributed by atoms with van der Waals surface area (Å²) in [6.45, 7) is 2.40. The van der Waals surface area contributed by atoms with E-state index in [4.69, 9.17) is 5.73 Å². The summed E-state index contributed by atoms with van der Waals surface area (Å²) in [4.78, 5) is 15.0. The number of rotatable bonds is 4. The van der Waals surface area contributed by atoms with E-state index in [2.05, 4.69) is 0 Å². The lowest BCUT2D eigenvalue weighted by molar-refractivity contribution is -0.127. The summed E-state index contributed by atoms with van der Waals surface area (Å²) in [5, 5.41) is 0. The first-order valence-corrected chi connectivity index (χ1v) is 6.94. The molecule has 2 N–H and O–H groups in total. The molecule has 2 rings (SSSR count). The molecule has 1 saturated heterocycles. The minimum absolute atomic E-state index is 0. The predicted octanol–water partition coefficient (Wildman–Crippen LogP) is 2.01. The van der Waals surface area contributed by atoms with E-state index in [1.165, 1.54) is 0 Å². The van der Waals surface area contributed by atoms with Gasteiger partial charge in [-0.3, -0.25) is 4.79 Å². The summed E-state index contributed by atoms with van der Waals surface area (Å²) in [5.41, 5.74) is 5.62.